The van der Waals surface area contributed by atoms with Crippen molar-refractivity contribution in [2.45, 2.75) is 40.0 Å². The highest BCUT2D eigenvalue weighted by Gasteiger charge is 2.35. The van der Waals surface area contributed by atoms with Crippen LogP contribution in [0, 0.1) is 11.3 Å². The molecule has 1 aliphatic heterocycles. The maximum Gasteiger partial charge on any atom is 0.232 e. The Bertz CT molecular complexity index is 352. The zero-order valence-electron chi connectivity index (χ0n) is 10.7. The van der Waals surface area contributed by atoms with Crippen molar-refractivity contribution >= 4 is 29.0 Å². The molecule has 1 atom stereocenters. The Morgan fingerprint density at radius 3 is 2.53 bits per heavy atom. The molecule has 17 heavy (non-hydrogen) atoms. The molecule has 1 aliphatic rings. The van der Waals surface area contributed by atoms with Gasteiger partial charge in [0.25, 0.3) is 0 Å². The third-order valence-corrected chi connectivity index (χ3v) is 3.87. The maximum absolute atomic E-state index is 11.7. The van der Waals surface area contributed by atoms with E-state index in [4.69, 9.17) is 18.0 Å². The second-order valence-electron chi connectivity index (χ2n) is 5.34. The SMILES string of the molecule is CC1CC(=O)N(CCCC(C)(C)C(N)=S)C1=O. The van der Waals surface area contributed by atoms with Crippen LogP contribution in [0.4, 0.5) is 0 Å². The van der Waals surface area contributed by atoms with Crippen LogP contribution in [0.25, 0.3) is 0 Å². The Morgan fingerprint density at radius 1 is 1.53 bits per heavy atom. The lowest BCUT2D eigenvalue weighted by atomic mass is 9.88. The fourth-order valence-corrected chi connectivity index (χ4v) is 1.99. The summed E-state index contributed by atoms with van der Waals surface area (Å²) in [5, 5.41) is 0. The highest BCUT2D eigenvalue weighted by molar-refractivity contribution is 7.80. The zero-order chi connectivity index (χ0) is 13.2. The Hall–Kier alpha value is -0.970. The number of carbonyl (C=O) groups is 2. The number of rotatable bonds is 5. The fourth-order valence-electron chi connectivity index (χ4n) is 1.89. The van der Waals surface area contributed by atoms with Crippen molar-refractivity contribution < 1.29 is 9.59 Å². The molecule has 96 valence electrons. The summed E-state index contributed by atoms with van der Waals surface area (Å²) in [7, 11) is 0. The molecule has 5 heteroatoms. The molecule has 0 bridgehead atoms. The van der Waals surface area contributed by atoms with Crippen LogP contribution in [-0.2, 0) is 9.59 Å². The molecule has 4 nitrogen and oxygen atoms in total. The first-order valence-electron chi connectivity index (χ1n) is 5.90. The van der Waals surface area contributed by atoms with Gasteiger partial charge in [-0.05, 0) is 12.8 Å². The molecule has 1 heterocycles. The van der Waals surface area contributed by atoms with Crippen molar-refractivity contribution in [3.63, 3.8) is 0 Å². The van der Waals surface area contributed by atoms with Crippen molar-refractivity contribution in [3.8, 4) is 0 Å². The van der Waals surface area contributed by atoms with E-state index in [0.717, 1.165) is 12.8 Å². The number of imide groups is 1. The minimum absolute atomic E-state index is 0.0527. The van der Waals surface area contributed by atoms with E-state index in [1.54, 1.807) is 6.92 Å². The molecule has 1 unspecified atom stereocenters. The molecule has 0 aromatic heterocycles. The Labute approximate surface area is 108 Å². The Kier molecular flexibility index (Phi) is 4.25. The van der Waals surface area contributed by atoms with Crippen molar-refractivity contribution in [1.29, 1.82) is 0 Å². The third-order valence-electron chi connectivity index (χ3n) is 3.32. The highest BCUT2D eigenvalue weighted by atomic mass is 32.1. The molecule has 2 amide bonds. The molecule has 0 aromatic rings. The first-order valence-corrected chi connectivity index (χ1v) is 6.30. The number of hydrogen-bond acceptors (Lipinski definition) is 3. The average molecular weight is 256 g/mol. The average Bonchev–Trinajstić information content (AvgIpc) is 2.44. The third kappa shape index (κ3) is 3.25. The second-order valence-corrected chi connectivity index (χ2v) is 5.78. The number of likely N-dealkylation sites (tertiary alicyclic amines) is 1. The van der Waals surface area contributed by atoms with Gasteiger partial charge in [0.1, 0.15) is 0 Å². The van der Waals surface area contributed by atoms with Crippen LogP contribution in [0.5, 0.6) is 0 Å². The number of hydrogen-bond donors (Lipinski definition) is 1. The molecule has 0 aliphatic carbocycles. The minimum atomic E-state index is -0.216. The first kappa shape index (κ1) is 14.1. The molecular weight excluding hydrogens is 236 g/mol. The van der Waals surface area contributed by atoms with Crippen LogP contribution in [0.1, 0.15) is 40.0 Å². The van der Waals surface area contributed by atoms with Crippen LogP contribution in [-0.4, -0.2) is 28.2 Å². The van der Waals surface area contributed by atoms with Gasteiger partial charge in [0.05, 0.1) is 4.99 Å². The van der Waals surface area contributed by atoms with Crippen LogP contribution >= 0.6 is 12.2 Å². The number of thiocarbonyl (C=S) groups is 1. The molecule has 1 fully saturated rings. The zero-order valence-corrected chi connectivity index (χ0v) is 11.5. The summed E-state index contributed by atoms with van der Waals surface area (Å²) in [6, 6.07) is 0. The van der Waals surface area contributed by atoms with Crippen molar-refractivity contribution in [3.05, 3.63) is 0 Å². The topological polar surface area (TPSA) is 63.4 Å². The predicted octanol–water partition coefficient (Wildman–Crippen LogP) is 1.47. The van der Waals surface area contributed by atoms with E-state index in [-0.39, 0.29) is 23.1 Å². The fraction of sp³-hybridized carbons (Fsp3) is 0.750. The summed E-state index contributed by atoms with van der Waals surface area (Å²) in [5.41, 5.74) is 5.41. The Morgan fingerprint density at radius 2 is 2.12 bits per heavy atom. The number of amides is 2. The van der Waals surface area contributed by atoms with Gasteiger partial charge in [0.2, 0.25) is 11.8 Å². The van der Waals surface area contributed by atoms with E-state index in [2.05, 4.69) is 0 Å². The summed E-state index contributed by atoms with van der Waals surface area (Å²) >= 11 is 4.98. The van der Waals surface area contributed by atoms with E-state index < -0.39 is 0 Å². The summed E-state index contributed by atoms with van der Waals surface area (Å²) in [6.07, 6.45) is 1.87. The predicted molar refractivity (Wildman–Crippen MR) is 70.3 cm³/mol. The second kappa shape index (κ2) is 5.12. The molecular formula is C12H20N2O2S. The molecule has 0 saturated carbocycles. The standard InChI is InChI=1S/C12H20N2O2S/c1-8-7-9(15)14(10(8)16)6-4-5-12(2,3)11(13)17/h8H,4-7H2,1-3H3,(H2,13,17). The van der Waals surface area contributed by atoms with Crippen molar-refractivity contribution in [2.75, 3.05) is 6.54 Å². The summed E-state index contributed by atoms with van der Waals surface area (Å²) in [4.78, 5) is 25.0. The van der Waals surface area contributed by atoms with Crippen molar-refractivity contribution in [2.24, 2.45) is 17.1 Å². The first-order chi connectivity index (χ1) is 7.75. The van der Waals surface area contributed by atoms with Crippen LogP contribution in [0.15, 0.2) is 0 Å². The van der Waals surface area contributed by atoms with E-state index >= 15 is 0 Å². The monoisotopic (exact) mass is 256 g/mol. The van der Waals surface area contributed by atoms with Gasteiger partial charge in [-0.15, -0.1) is 0 Å². The lowest BCUT2D eigenvalue weighted by Crippen LogP contribution is -2.34. The lowest BCUT2D eigenvalue weighted by Gasteiger charge is -2.24. The van der Waals surface area contributed by atoms with Crippen LogP contribution in [0.3, 0.4) is 0 Å². The largest absolute Gasteiger partial charge is 0.393 e. The lowest BCUT2D eigenvalue weighted by molar-refractivity contribution is -0.139. The molecule has 0 radical (unpaired) electrons. The molecule has 1 saturated heterocycles. The molecule has 2 N–H and O–H groups in total. The number of nitrogens with zero attached hydrogens (tertiary/aromatic N) is 1. The van der Waals surface area contributed by atoms with E-state index in [1.807, 2.05) is 13.8 Å². The van der Waals surface area contributed by atoms with E-state index in [1.165, 1.54) is 4.90 Å². The number of carbonyl (C=O) groups excluding carboxylic acids is 2. The quantitative estimate of drug-likeness (QED) is 0.597. The van der Waals surface area contributed by atoms with Crippen LogP contribution in [0.2, 0.25) is 0 Å². The van der Waals surface area contributed by atoms with Gasteiger partial charge in [-0.25, -0.2) is 0 Å². The highest BCUT2D eigenvalue weighted by Crippen LogP contribution is 2.24. The normalized spacial score (nSPS) is 21.1. The van der Waals surface area contributed by atoms with Gasteiger partial charge in [-0.3, -0.25) is 14.5 Å². The van der Waals surface area contributed by atoms with Gasteiger partial charge >= 0.3 is 0 Å². The number of nitrogens with two attached hydrogens (primary N) is 1. The van der Waals surface area contributed by atoms with Gasteiger partial charge in [0.15, 0.2) is 0 Å². The van der Waals surface area contributed by atoms with Crippen molar-refractivity contribution in [1.82, 2.24) is 4.90 Å². The molecule has 1 rings (SSSR count). The molecule has 0 aromatic carbocycles. The summed E-state index contributed by atoms with van der Waals surface area (Å²) in [5.74, 6) is -0.273. The van der Waals surface area contributed by atoms with Crippen LogP contribution < -0.4 is 5.73 Å². The Balaban J connectivity index is 2.45. The smallest absolute Gasteiger partial charge is 0.232 e. The van der Waals surface area contributed by atoms with E-state index in [0.29, 0.717) is 18.0 Å². The minimum Gasteiger partial charge on any atom is -0.393 e. The summed E-state index contributed by atoms with van der Waals surface area (Å²) < 4.78 is 0. The maximum atomic E-state index is 11.7. The van der Waals surface area contributed by atoms with Gasteiger partial charge in [-0.2, -0.15) is 0 Å². The van der Waals surface area contributed by atoms with Gasteiger partial charge < -0.3 is 5.73 Å². The van der Waals surface area contributed by atoms with Gasteiger partial charge in [-0.1, -0.05) is 33.0 Å². The molecule has 0 spiro atoms. The summed E-state index contributed by atoms with van der Waals surface area (Å²) in [6.45, 7) is 6.23. The van der Waals surface area contributed by atoms with E-state index in [9.17, 15) is 9.59 Å². The van der Waals surface area contributed by atoms with Gasteiger partial charge in [0, 0.05) is 24.3 Å².